The smallest absolute Gasteiger partial charge is 0.313 e. The summed E-state index contributed by atoms with van der Waals surface area (Å²) in [6.45, 7) is 1.25. The molecule has 0 radical (unpaired) electrons. The molecule has 0 aromatic heterocycles. The van der Waals surface area contributed by atoms with E-state index in [2.05, 4.69) is 26.6 Å². The van der Waals surface area contributed by atoms with Crippen LogP contribution in [0.1, 0.15) is 6.92 Å². The molecule has 1 aromatic carbocycles. The van der Waals surface area contributed by atoms with E-state index >= 15 is 0 Å². The van der Waals surface area contributed by atoms with Crippen LogP contribution in [0.4, 0.5) is 10.1 Å². The topological polar surface area (TPSA) is 78.4 Å². The van der Waals surface area contributed by atoms with Crippen molar-refractivity contribution in [2.75, 3.05) is 11.9 Å². The van der Waals surface area contributed by atoms with Crippen LogP contribution in [-0.2, 0) is 9.59 Å². The number of aliphatic hydroxyl groups excluding tert-OH is 1. The zero-order valence-electron chi connectivity index (χ0n) is 9.54. The van der Waals surface area contributed by atoms with Gasteiger partial charge in [0.15, 0.2) is 0 Å². The van der Waals surface area contributed by atoms with Gasteiger partial charge >= 0.3 is 11.8 Å². The molecule has 1 aromatic rings. The average Bonchev–Trinajstić information content (AvgIpc) is 2.33. The second-order valence-corrected chi connectivity index (χ2v) is 4.55. The first-order chi connectivity index (χ1) is 8.43. The highest BCUT2D eigenvalue weighted by molar-refractivity contribution is 9.10. The van der Waals surface area contributed by atoms with E-state index in [1.807, 2.05) is 0 Å². The second kappa shape index (κ2) is 6.46. The van der Waals surface area contributed by atoms with Gasteiger partial charge in [0, 0.05) is 10.5 Å². The lowest BCUT2D eigenvalue weighted by Gasteiger charge is -2.11. The van der Waals surface area contributed by atoms with E-state index in [4.69, 9.17) is 5.11 Å². The van der Waals surface area contributed by atoms with Gasteiger partial charge < -0.3 is 15.7 Å². The number of carbonyl (C=O) groups is 2. The molecule has 18 heavy (non-hydrogen) atoms. The summed E-state index contributed by atoms with van der Waals surface area (Å²) in [7, 11) is 0. The Morgan fingerprint density at radius 1 is 1.44 bits per heavy atom. The molecule has 7 heteroatoms. The number of carbonyl (C=O) groups excluding carboxylic acids is 2. The molecule has 0 unspecified atom stereocenters. The Labute approximate surface area is 112 Å². The van der Waals surface area contributed by atoms with Crippen LogP contribution < -0.4 is 10.6 Å². The van der Waals surface area contributed by atoms with Gasteiger partial charge in [-0.3, -0.25) is 9.59 Å². The molecule has 2 amide bonds. The van der Waals surface area contributed by atoms with Crippen LogP contribution in [-0.4, -0.2) is 29.6 Å². The summed E-state index contributed by atoms with van der Waals surface area (Å²) >= 11 is 3.12. The van der Waals surface area contributed by atoms with Gasteiger partial charge in [-0.1, -0.05) is 15.9 Å². The number of rotatable bonds is 3. The molecule has 1 rings (SSSR count). The summed E-state index contributed by atoms with van der Waals surface area (Å²) in [5.41, 5.74) is -0.0961. The number of benzene rings is 1. The van der Waals surface area contributed by atoms with E-state index in [1.54, 1.807) is 0 Å². The summed E-state index contributed by atoms with van der Waals surface area (Å²) in [6, 6.07) is 3.43. The van der Waals surface area contributed by atoms with Crippen LogP contribution in [0.25, 0.3) is 0 Å². The van der Waals surface area contributed by atoms with Gasteiger partial charge in [-0.05, 0) is 25.1 Å². The fourth-order valence-corrected chi connectivity index (χ4v) is 1.47. The minimum Gasteiger partial charge on any atom is -0.394 e. The van der Waals surface area contributed by atoms with Crippen LogP contribution >= 0.6 is 15.9 Å². The van der Waals surface area contributed by atoms with Crippen molar-refractivity contribution in [2.24, 2.45) is 0 Å². The molecule has 5 nitrogen and oxygen atoms in total. The minimum atomic E-state index is -0.993. The maximum atomic E-state index is 13.3. The van der Waals surface area contributed by atoms with Gasteiger partial charge in [0.1, 0.15) is 5.82 Å². The van der Waals surface area contributed by atoms with Crippen LogP contribution in [0, 0.1) is 5.82 Å². The first-order valence-corrected chi connectivity index (χ1v) is 5.91. The fourth-order valence-electron chi connectivity index (χ4n) is 1.11. The third-order valence-corrected chi connectivity index (χ3v) is 2.53. The van der Waals surface area contributed by atoms with Gasteiger partial charge in [0.25, 0.3) is 0 Å². The third-order valence-electron chi connectivity index (χ3n) is 2.03. The van der Waals surface area contributed by atoms with E-state index in [9.17, 15) is 14.0 Å². The summed E-state index contributed by atoms with van der Waals surface area (Å²) in [6.07, 6.45) is 0. The molecule has 1 atom stereocenters. The number of halogens is 2. The summed E-state index contributed by atoms with van der Waals surface area (Å²) in [5, 5.41) is 13.1. The molecule has 0 aliphatic rings. The first-order valence-electron chi connectivity index (χ1n) is 5.11. The number of amides is 2. The molecule has 0 heterocycles. The molecule has 0 saturated heterocycles. The quantitative estimate of drug-likeness (QED) is 0.728. The van der Waals surface area contributed by atoms with Crippen LogP contribution in [0.5, 0.6) is 0 Å². The number of anilines is 1. The third kappa shape index (κ3) is 4.08. The largest absolute Gasteiger partial charge is 0.394 e. The van der Waals surface area contributed by atoms with Crippen LogP contribution in [0.15, 0.2) is 22.7 Å². The summed E-state index contributed by atoms with van der Waals surface area (Å²) < 4.78 is 13.9. The van der Waals surface area contributed by atoms with Crippen LogP contribution in [0.2, 0.25) is 0 Å². The predicted octanol–water partition coefficient (Wildman–Crippen LogP) is 1.02. The van der Waals surface area contributed by atoms with Gasteiger partial charge in [0.05, 0.1) is 12.3 Å². The predicted molar refractivity (Wildman–Crippen MR) is 67.4 cm³/mol. The maximum absolute atomic E-state index is 13.3. The van der Waals surface area contributed by atoms with Crippen molar-refractivity contribution in [2.45, 2.75) is 13.0 Å². The SMILES string of the molecule is C[C@@H](CO)NC(=O)C(=O)Nc1cc(Br)ccc1F. The van der Waals surface area contributed by atoms with Crippen molar-refractivity contribution in [3.05, 3.63) is 28.5 Å². The van der Waals surface area contributed by atoms with Gasteiger partial charge in [-0.2, -0.15) is 0 Å². The summed E-state index contributed by atoms with van der Waals surface area (Å²) in [5.74, 6) is -2.57. The Hall–Kier alpha value is -1.47. The van der Waals surface area contributed by atoms with Crippen molar-refractivity contribution < 1.29 is 19.1 Å². The molecule has 0 aliphatic heterocycles. The van der Waals surface area contributed by atoms with Gasteiger partial charge in [-0.25, -0.2) is 4.39 Å². The Kier molecular flexibility index (Phi) is 5.24. The lowest BCUT2D eigenvalue weighted by atomic mass is 10.3. The first kappa shape index (κ1) is 14.6. The standard InChI is InChI=1S/C11H12BrFN2O3/c1-6(5-16)14-10(17)11(18)15-9-4-7(12)2-3-8(9)13/h2-4,6,16H,5H2,1H3,(H,14,17)(H,15,18)/t6-/m0/s1. The van der Waals surface area contributed by atoms with E-state index in [0.717, 1.165) is 6.07 Å². The molecule has 98 valence electrons. The van der Waals surface area contributed by atoms with E-state index < -0.39 is 23.7 Å². The zero-order chi connectivity index (χ0) is 13.7. The second-order valence-electron chi connectivity index (χ2n) is 3.64. The highest BCUT2D eigenvalue weighted by atomic mass is 79.9. The molecule has 0 fully saturated rings. The fraction of sp³-hybridized carbons (Fsp3) is 0.273. The number of hydrogen-bond acceptors (Lipinski definition) is 3. The average molecular weight is 319 g/mol. The minimum absolute atomic E-state index is 0.0961. The number of aliphatic hydroxyl groups is 1. The maximum Gasteiger partial charge on any atom is 0.313 e. The molecule has 3 N–H and O–H groups in total. The lowest BCUT2D eigenvalue weighted by molar-refractivity contribution is -0.136. The number of hydrogen-bond donors (Lipinski definition) is 3. The zero-order valence-corrected chi connectivity index (χ0v) is 11.1. The van der Waals surface area contributed by atoms with E-state index in [1.165, 1.54) is 19.1 Å². The Balaban J connectivity index is 2.69. The molecule has 0 aliphatic carbocycles. The normalized spacial score (nSPS) is 11.8. The van der Waals surface area contributed by atoms with Crippen molar-refractivity contribution >= 4 is 33.4 Å². The molecular weight excluding hydrogens is 307 g/mol. The van der Waals surface area contributed by atoms with E-state index in [0.29, 0.717) is 4.47 Å². The highest BCUT2D eigenvalue weighted by Gasteiger charge is 2.17. The highest BCUT2D eigenvalue weighted by Crippen LogP contribution is 2.19. The van der Waals surface area contributed by atoms with Crippen molar-refractivity contribution in [3.8, 4) is 0 Å². The number of nitrogens with one attached hydrogen (secondary N) is 2. The Morgan fingerprint density at radius 2 is 2.11 bits per heavy atom. The van der Waals surface area contributed by atoms with Crippen molar-refractivity contribution in [1.82, 2.24) is 5.32 Å². The van der Waals surface area contributed by atoms with Crippen molar-refractivity contribution in [3.63, 3.8) is 0 Å². The van der Waals surface area contributed by atoms with Crippen LogP contribution in [0.3, 0.4) is 0 Å². The lowest BCUT2D eigenvalue weighted by Crippen LogP contribution is -2.42. The molecule has 0 saturated carbocycles. The summed E-state index contributed by atoms with van der Waals surface area (Å²) in [4.78, 5) is 22.8. The molecular formula is C11H12BrFN2O3. The monoisotopic (exact) mass is 318 g/mol. The van der Waals surface area contributed by atoms with Crippen molar-refractivity contribution in [1.29, 1.82) is 0 Å². The molecule has 0 spiro atoms. The van der Waals surface area contributed by atoms with Gasteiger partial charge in [0.2, 0.25) is 0 Å². The Morgan fingerprint density at radius 3 is 2.72 bits per heavy atom. The van der Waals surface area contributed by atoms with Gasteiger partial charge in [-0.15, -0.1) is 0 Å². The molecule has 0 bridgehead atoms. The Bertz CT molecular complexity index is 468. The van der Waals surface area contributed by atoms with E-state index in [-0.39, 0.29) is 12.3 Å².